The van der Waals surface area contributed by atoms with Gasteiger partial charge in [0.15, 0.2) is 5.82 Å². The fourth-order valence-corrected chi connectivity index (χ4v) is 3.91. The van der Waals surface area contributed by atoms with Crippen LogP contribution in [0.2, 0.25) is 0 Å². The van der Waals surface area contributed by atoms with Crippen LogP contribution >= 0.6 is 11.3 Å². The largest absolute Gasteiger partial charge is 0.464 e. The number of thiophene rings is 1. The molecule has 114 valence electrons. The van der Waals surface area contributed by atoms with Gasteiger partial charge in [-0.2, -0.15) is 0 Å². The van der Waals surface area contributed by atoms with Crippen molar-refractivity contribution in [2.45, 2.75) is 0 Å². The molecule has 3 heterocycles. The first kappa shape index (κ1) is 13.4. The first-order valence-electron chi connectivity index (χ1n) is 7.50. The molecule has 0 amide bonds. The predicted molar refractivity (Wildman–Crippen MR) is 95.9 cm³/mol. The number of hydrogen-bond acceptors (Lipinski definition) is 5. The lowest BCUT2D eigenvalue weighted by Crippen LogP contribution is -1.88. The number of fused-ring (bicyclic) bond motifs is 2. The molecule has 0 unspecified atom stereocenters. The van der Waals surface area contributed by atoms with E-state index in [2.05, 4.69) is 51.4 Å². The zero-order chi connectivity index (χ0) is 15.9. The first-order valence-corrected chi connectivity index (χ1v) is 8.32. The average molecular weight is 329 g/mol. The zero-order valence-electron chi connectivity index (χ0n) is 12.5. The molecule has 0 saturated heterocycles. The van der Waals surface area contributed by atoms with E-state index in [9.17, 15) is 0 Å². The summed E-state index contributed by atoms with van der Waals surface area (Å²) in [4.78, 5) is 13.5. The van der Waals surface area contributed by atoms with Crippen molar-refractivity contribution in [3.8, 4) is 21.8 Å². The molecule has 0 bridgehead atoms. The molecule has 0 aliphatic heterocycles. The highest BCUT2D eigenvalue weighted by Gasteiger charge is 2.08. The molecule has 4 nitrogen and oxygen atoms in total. The summed E-state index contributed by atoms with van der Waals surface area (Å²) in [5.74, 6) is 0.693. The Morgan fingerprint density at radius 3 is 2.54 bits per heavy atom. The fourth-order valence-electron chi connectivity index (χ4n) is 2.81. The van der Waals surface area contributed by atoms with E-state index >= 15 is 0 Å². The first-order chi connectivity index (χ1) is 11.9. The maximum absolute atomic E-state index is 5.51. The Labute approximate surface area is 141 Å². The van der Waals surface area contributed by atoms with Crippen LogP contribution in [0.25, 0.3) is 42.9 Å². The van der Waals surface area contributed by atoms with Gasteiger partial charge in [-0.1, -0.05) is 24.3 Å². The van der Waals surface area contributed by atoms with Crippen LogP contribution in [-0.4, -0.2) is 15.0 Å². The van der Waals surface area contributed by atoms with Gasteiger partial charge >= 0.3 is 0 Å². The second-order valence-electron chi connectivity index (χ2n) is 5.50. The van der Waals surface area contributed by atoms with Crippen molar-refractivity contribution in [3.63, 3.8) is 0 Å². The third kappa shape index (κ3) is 2.18. The summed E-state index contributed by atoms with van der Waals surface area (Å²) in [6.45, 7) is 0. The quantitative estimate of drug-likeness (QED) is 0.448. The monoisotopic (exact) mass is 329 g/mol. The highest BCUT2D eigenvalue weighted by Crippen LogP contribution is 2.36. The van der Waals surface area contributed by atoms with Crippen molar-refractivity contribution in [3.05, 3.63) is 67.4 Å². The summed E-state index contributed by atoms with van der Waals surface area (Å²) in [5.41, 5.74) is 3.08. The second kappa shape index (κ2) is 5.25. The maximum atomic E-state index is 5.51. The molecule has 0 N–H and O–H groups in total. The zero-order valence-corrected chi connectivity index (χ0v) is 13.3. The normalized spacial score (nSPS) is 11.3. The number of rotatable bonds is 2. The van der Waals surface area contributed by atoms with Gasteiger partial charge in [-0.3, -0.25) is 0 Å². The summed E-state index contributed by atoms with van der Waals surface area (Å²) >= 11 is 1.76. The third-order valence-electron chi connectivity index (χ3n) is 4.01. The van der Waals surface area contributed by atoms with E-state index in [1.807, 2.05) is 12.1 Å². The Balaban J connectivity index is 1.62. The molecule has 0 spiro atoms. The SMILES string of the molecule is c1ncnc(-c2ccc3cc(-c4ccc5ccoc5c4)sc3c2)n1. The Morgan fingerprint density at radius 1 is 0.792 bits per heavy atom. The molecule has 2 aromatic carbocycles. The summed E-state index contributed by atoms with van der Waals surface area (Å²) in [5, 5.41) is 2.34. The summed E-state index contributed by atoms with van der Waals surface area (Å²) in [6, 6.07) is 16.8. The Kier molecular flexibility index (Phi) is 2.93. The molecule has 0 saturated carbocycles. The lowest BCUT2D eigenvalue weighted by molar-refractivity contribution is 0.616. The minimum atomic E-state index is 0.693. The lowest BCUT2D eigenvalue weighted by Gasteiger charge is -1.98. The summed E-state index contributed by atoms with van der Waals surface area (Å²) in [7, 11) is 0. The van der Waals surface area contributed by atoms with Gasteiger partial charge in [0.05, 0.1) is 6.26 Å². The van der Waals surface area contributed by atoms with Crippen LogP contribution in [0.5, 0.6) is 0 Å². The van der Waals surface area contributed by atoms with E-state index in [0.717, 1.165) is 16.5 Å². The number of furan rings is 1. The predicted octanol–water partition coefficient (Wildman–Crippen LogP) is 5.17. The third-order valence-corrected chi connectivity index (χ3v) is 5.16. The van der Waals surface area contributed by atoms with Crippen molar-refractivity contribution in [1.82, 2.24) is 15.0 Å². The molecule has 0 radical (unpaired) electrons. The van der Waals surface area contributed by atoms with E-state index in [1.54, 1.807) is 17.6 Å². The van der Waals surface area contributed by atoms with E-state index in [-0.39, 0.29) is 0 Å². The van der Waals surface area contributed by atoms with Gasteiger partial charge in [0.2, 0.25) is 0 Å². The topological polar surface area (TPSA) is 51.8 Å². The van der Waals surface area contributed by atoms with Crippen molar-refractivity contribution in [2.75, 3.05) is 0 Å². The molecule has 0 aliphatic rings. The average Bonchev–Trinajstić information content (AvgIpc) is 3.27. The Morgan fingerprint density at radius 2 is 1.62 bits per heavy atom. The minimum absolute atomic E-state index is 0.693. The molecule has 0 aliphatic carbocycles. The number of aromatic nitrogens is 3. The van der Waals surface area contributed by atoms with Gasteiger partial charge in [0.1, 0.15) is 18.2 Å². The number of benzene rings is 2. The molecule has 0 fully saturated rings. The number of hydrogen-bond donors (Lipinski definition) is 0. The molecule has 24 heavy (non-hydrogen) atoms. The maximum Gasteiger partial charge on any atom is 0.162 e. The highest BCUT2D eigenvalue weighted by molar-refractivity contribution is 7.22. The van der Waals surface area contributed by atoms with Gasteiger partial charge in [-0.05, 0) is 35.2 Å². The Hall–Kier alpha value is -3.05. The number of nitrogens with zero attached hydrogens (tertiary/aromatic N) is 3. The van der Waals surface area contributed by atoms with Gasteiger partial charge < -0.3 is 4.42 Å². The molecule has 0 atom stereocenters. The molecular formula is C19H11N3OS. The Bertz CT molecular complexity index is 1160. The van der Waals surface area contributed by atoms with Crippen LogP contribution in [0.15, 0.2) is 71.9 Å². The van der Waals surface area contributed by atoms with E-state index in [1.165, 1.54) is 33.2 Å². The van der Waals surface area contributed by atoms with Crippen LogP contribution in [0.1, 0.15) is 0 Å². The molecule has 3 aromatic heterocycles. The lowest BCUT2D eigenvalue weighted by atomic mass is 10.1. The van der Waals surface area contributed by atoms with E-state index in [0.29, 0.717) is 5.82 Å². The summed E-state index contributed by atoms with van der Waals surface area (Å²) in [6.07, 6.45) is 4.76. The van der Waals surface area contributed by atoms with Gasteiger partial charge in [-0.15, -0.1) is 11.3 Å². The van der Waals surface area contributed by atoms with Gasteiger partial charge in [0.25, 0.3) is 0 Å². The van der Waals surface area contributed by atoms with E-state index in [4.69, 9.17) is 4.42 Å². The van der Waals surface area contributed by atoms with Gasteiger partial charge in [0, 0.05) is 20.5 Å². The van der Waals surface area contributed by atoms with Crippen molar-refractivity contribution in [2.24, 2.45) is 0 Å². The molecule has 5 heteroatoms. The van der Waals surface area contributed by atoms with Crippen LogP contribution in [-0.2, 0) is 0 Å². The molecule has 5 rings (SSSR count). The molecule has 5 aromatic rings. The van der Waals surface area contributed by atoms with Crippen molar-refractivity contribution >= 4 is 32.4 Å². The van der Waals surface area contributed by atoms with Crippen LogP contribution in [0.3, 0.4) is 0 Å². The van der Waals surface area contributed by atoms with Crippen molar-refractivity contribution in [1.29, 1.82) is 0 Å². The second-order valence-corrected chi connectivity index (χ2v) is 6.58. The summed E-state index contributed by atoms with van der Waals surface area (Å²) < 4.78 is 6.72. The minimum Gasteiger partial charge on any atom is -0.464 e. The molecular weight excluding hydrogens is 318 g/mol. The highest BCUT2D eigenvalue weighted by atomic mass is 32.1. The van der Waals surface area contributed by atoms with Gasteiger partial charge in [-0.25, -0.2) is 15.0 Å². The van der Waals surface area contributed by atoms with E-state index < -0.39 is 0 Å². The fraction of sp³-hybridized carbons (Fsp3) is 0. The van der Waals surface area contributed by atoms with Crippen LogP contribution < -0.4 is 0 Å². The van der Waals surface area contributed by atoms with Crippen LogP contribution in [0.4, 0.5) is 0 Å². The van der Waals surface area contributed by atoms with Crippen LogP contribution in [0, 0.1) is 0 Å². The van der Waals surface area contributed by atoms with Crippen molar-refractivity contribution < 1.29 is 4.42 Å². The standard InChI is InChI=1S/C19H11N3OS/c1-2-13(7-16-12(1)5-6-23-16)17-8-14-3-4-15(9-18(14)24-17)19-21-10-20-11-22-19/h1-11H. The smallest absolute Gasteiger partial charge is 0.162 e.